The lowest BCUT2D eigenvalue weighted by Crippen LogP contribution is -2.45. The van der Waals surface area contributed by atoms with Crippen molar-refractivity contribution in [3.05, 3.63) is 65.1 Å². The highest BCUT2D eigenvalue weighted by atomic mass is 19.4. The summed E-state index contributed by atoms with van der Waals surface area (Å²) in [7, 11) is 1.62. The molecular weight excluding hydrogens is 443 g/mol. The molecule has 0 saturated heterocycles. The maximum absolute atomic E-state index is 14.0. The largest absolute Gasteiger partial charge is 0.476 e. The lowest BCUT2D eigenvalue weighted by atomic mass is 9.96. The van der Waals surface area contributed by atoms with Crippen LogP contribution in [0.3, 0.4) is 0 Å². The van der Waals surface area contributed by atoms with Gasteiger partial charge in [0.15, 0.2) is 11.7 Å². The second-order valence-electron chi connectivity index (χ2n) is 7.70. The van der Waals surface area contributed by atoms with E-state index in [0.29, 0.717) is 21.5 Å². The molecule has 0 fully saturated rings. The third-order valence-electron chi connectivity index (χ3n) is 5.43. The number of amides is 1. The summed E-state index contributed by atoms with van der Waals surface area (Å²) >= 11 is 0. The fourth-order valence-electron chi connectivity index (χ4n) is 3.97. The number of aryl methyl sites for hydroxylation is 2. The minimum absolute atomic E-state index is 0.114. The summed E-state index contributed by atoms with van der Waals surface area (Å²) in [5.74, 6) is -1.82. The van der Waals surface area contributed by atoms with E-state index in [1.807, 2.05) is 0 Å². The summed E-state index contributed by atoms with van der Waals surface area (Å²) in [6.07, 6.45) is -4.70. The van der Waals surface area contributed by atoms with E-state index in [0.717, 1.165) is 11.0 Å². The number of carbonyl (C=O) groups is 2. The average Bonchev–Trinajstić information content (AvgIpc) is 3.33. The molecule has 4 rings (SSSR count). The van der Waals surface area contributed by atoms with Gasteiger partial charge in [-0.25, -0.2) is 14.3 Å². The minimum Gasteiger partial charge on any atom is -0.476 e. The van der Waals surface area contributed by atoms with Gasteiger partial charge in [-0.05, 0) is 12.5 Å². The molecule has 0 bridgehead atoms. The number of hydrogen-bond donors (Lipinski definition) is 1. The molecule has 33 heavy (non-hydrogen) atoms. The van der Waals surface area contributed by atoms with Gasteiger partial charge in [0.1, 0.15) is 12.4 Å². The van der Waals surface area contributed by atoms with Crippen molar-refractivity contribution >= 4 is 17.9 Å². The first-order valence-corrected chi connectivity index (χ1v) is 9.96. The second-order valence-corrected chi connectivity index (χ2v) is 7.70. The van der Waals surface area contributed by atoms with Gasteiger partial charge in [-0.3, -0.25) is 9.58 Å². The molecule has 9 nitrogen and oxygen atoms in total. The third-order valence-corrected chi connectivity index (χ3v) is 5.43. The van der Waals surface area contributed by atoms with E-state index >= 15 is 0 Å². The van der Waals surface area contributed by atoms with Crippen molar-refractivity contribution in [1.29, 1.82) is 0 Å². The number of anilines is 1. The predicted octanol–water partition coefficient (Wildman–Crippen LogP) is 4.01. The number of carboxylic acid groups (broad SMARTS) is 1. The highest BCUT2D eigenvalue weighted by molar-refractivity contribution is 5.91. The van der Waals surface area contributed by atoms with Crippen LogP contribution in [0, 0.1) is 6.92 Å². The summed E-state index contributed by atoms with van der Waals surface area (Å²) in [4.78, 5) is 25.7. The number of halogens is 3. The fraction of sp³-hybridized carbons (Fsp3) is 0.333. The van der Waals surface area contributed by atoms with Gasteiger partial charge in [0.25, 0.3) is 0 Å². The number of hydrogen-bond acceptors (Lipinski definition) is 5. The van der Waals surface area contributed by atoms with Crippen LogP contribution in [0.2, 0.25) is 0 Å². The number of aromatic carboxylic acids is 1. The standard InChI is InChI=1S/C21H20F3N5O4/c1-12-14(10-27(2)25-12)16-9-17(21(22,23)24)29-18(8-15(26-29)19(30)31)28(16)20(32)33-11-13-6-4-3-5-7-13/h3-8,10,16-17H,9,11H2,1-2H3,(H,30,31)/t16-,17+/m0/s1. The van der Waals surface area contributed by atoms with Crippen molar-refractivity contribution in [2.45, 2.75) is 38.2 Å². The van der Waals surface area contributed by atoms with Crippen LogP contribution in [0.15, 0.2) is 42.6 Å². The summed E-state index contributed by atoms with van der Waals surface area (Å²) in [5.41, 5.74) is 0.914. The van der Waals surface area contributed by atoms with E-state index in [2.05, 4.69) is 10.2 Å². The van der Waals surface area contributed by atoms with Gasteiger partial charge in [-0.1, -0.05) is 30.3 Å². The highest BCUT2D eigenvalue weighted by Gasteiger charge is 2.51. The Labute approximate surface area is 186 Å². The van der Waals surface area contributed by atoms with Gasteiger partial charge in [0.05, 0.1) is 11.7 Å². The number of aromatic nitrogens is 4. The van der Waals surface area contributed by atoms with Crippen molar-refractivity contribution < 1.29 is 32.6 Å². The molecule has 3 heterocycles. The SMILES string of the molecule is Cc1nn(C)cc1[C@@H]1C[C@H](C(F)(F)F)n2nc(C(=O)O)cc2N1C(=O)OCc1ccccc1. The lowest BCUT2D eigenvalue weighted by molar-refractivity contribution is -0.174. The Morgan fingerprint density at radius 3 is 2.48 bits per heavy atom. The van der Waals surface area contributed by atoms with E-state index in [9.17, 15) is 27.9 Å². The Balaban J connectivity index is 1.80. The molecule has 1 N–H and O–H groups in total. The molecule has 1 aromatic carbocycles. The number of ether oxygens (including phenoxy) is 1. The molecule has 2 aromatic heterocycles. The Kier molecular flexibility index (Phi) is 5.60. The number of carbonyl (C=O) groups excluding carboxylic acids is 1. The van der Waals surface area contributed by atoms with Crippen molar-refractivity contribution in [1.82, 2.24) is 19.6 Å². The van der Waals surface area contributed by atoms with Gasteiger partial charge in [-0.15, -0.1) is 0 Å². The number of benzene rings is 1. The van der Waals surface area contributed by atoms with Gasteiger partial charge in [0.2, 0.25) is 0 Å². The van der Waals surface area contributed by atoms with Crippen molar-refractivity contribution in [3.63, 3.8) is 0 Å². The van der Waals surface area contributed by atoms with E-state index in [1.165, 1.54) is 10.9 Å². The molecule has 12 heteroatoms. The zero-order valence-electron chi connectivity index (χ0n) is 17.7. The zero-order valence-corrected chi connectivity index (χ0v) is 17.7. The Morgan fingerprint density at radius 1 is 1.21 bits per heavy atom. The summed E-state index contributed by atoms with van der Waals surface area (Å²) in [6, 6.07) is 6.49. The van der Waals surface area contributed by atoms with Crippen LogP contribution in [0.4, 0.5) is 23.8 Å². The van der Waals surface area contributed by atoms with E-state index < -0.39 is 42.4 Å². The molecule has 1 amide bonds. The quantitative estimate of drug-likeness (QED) is 0.627. The van der Waals surface area contributed by atoms with Crippen LogP contribution in [-0.2, 0) is 18.4 Å². The molecule has 0 saturated carbocycles. The maximum Gasteiger partial charge on any atom is 0.416 e. The number of alkyl halides is 3. The Bertz CT molecular complexity index is 1190. The van der Waals surface area contributed by atoms with Gasteiger partial charge in [-0.2, -0.15) is 23.4 Å². The molecule has 2 atom stereocenters. The van der Waals surface area contributed by atoms with Crippen LogP contribution in [0.1, 0.15) is 45.8 Å². The molecular formula is C21H20F3N5O4. The number of rotatable bonds is 4. The zero-order chi connectivity index (χ0) is 23.9. The smallest absolute Gasteiger partial charge is 0.416 e. The Hall–Kier alpha value is -3.83. The van der Waals surface area contributed by atoms with Crippen LogP contribution in [-0.4, -0.2) is 42.9 Å². The van der Waals surface area contributed by atoms with Crippen molar-refractivity contribution in [2.75, 3.05) is 4.90 Å². The number of nitrogens with zero attached hydrogens (tertiary/aromatic N) is 5. The molecule has 1 aliphatic rings. The van der Waals surface area contributed by atoms with E-state index in [1.54, 1.807) is 44.3 Å². The molecule has 0 unspecified atom stereocenters. The first-order valence-electron chi connectivity index (χ1n) is 9.96. The topological polar surface area (TPSA) is 102 Å². The summed E-state index contributed by atoms with van der Waals surface area (Å²) in [5, 5.41) is 17.1. The van der Waals surface area contributed by atoms with Crippen LogP contribution >= 0.6 is 0 Å². The average molecular weight is 463 g/mol. The molecule has 0 radical (unpaired) electrons. The first kappa shape index (κ1) is 22.4. The molecule has 0 spiro atoms. The fourth-order valence-corrected chi connectivity index (χ4v) is 3.97. The normalized spacial score (nSPS) is 18.2. The molecule has 0 aliphatic carbocycles. The third kappa shape index (κ3) is 4.28. The number of fused-ring (bicyclic) bond motifs is 1. The monoisotopic (exact) mass is 463 g/mol. The summed E-state index contributed by atoms with van der Waals surface area (Å²) in [6.45, 7) is 1.51. The molecule has 1 aliphatic heterocycles. The van der Waals surface area contributed by atoms with Crippen LogP contribution < -0.4 is 4.90 Å². The first-order chi connectivity index (χ1) is 15.6. The van der Waals surface area contributed by atoms with Gasteiger partial charge >= 0.3 is 18.2 Å². The van der Waals surface area contributed by atoms with E-state index in [4.69, 9.17) is 4.74 Å². The van der Waals surface area contributed by atoms with Crippen LogP contribution in [0.5, 0.6) is 0 Å². The molecule has 3 aromatic rings. The Morgan fingerprint density at radius 2 is 1.91 bits per heavy atom. The van der Waals surface area contributed by atoms with Crippen molar-refractivity contribution in [3.8, 4) is 0 Å². The minimum atomic E-state index is -4.73. The maximum atomic E-state index is 14.0. The number of carboxylic acids is 1. The van der Waals surface area contributed by atoms with E-state index in [-0.39, 0.29) is 12.4 Å². The van der Waals surface area contributed by atoms with Crippen LogP contribution in [0.25, 0.3) is 0 Å². The second kappa shape index (κ2) is 8.26. The van der Waals surface area contributed by atoms with Crippen molar-refractivity contribution in [2.24, 2.45) is 7.05 Å². The molecule has 174 valence electrons. The summed E-state index contributed by atoms with van der Waals surface area (Å²) < 4.78 is 49.3. The lowest BCUT2D eigenvalue weighted by Gasteiger charge is -2.39. The highest BCUT2D eigenvalue weighted by Crippen LogP contribution is 2.47. The van der Waals surface area contributed by atoms with Gasteiger partial charge < -0.3 is 9.84 Å². The van der Waals surface area contributed by atoms with Gasteiger partial charge in [0, 0.05) is 31.3 Å². The predicted molar refractivity (Wildman–Crippen MR) is 109 cm³/mol.